The number of carbonyl (C=O) groups is 3. The number of fused-ring (bicyclic) bond motifs is 1. The van der Waals surface area contributed by atoms with E-state index in [2.05, 4.69) is 5.32 Å². The molecule has 0 saturated carbocycles. The smallest absolute Gasteiger partial charge is 0.349 e. The van der Waals surface area contributed by atoms with Gasteiger partial charge in [-0.3, -0.25) is 14.5 Å². The first-order valence-electron chi connectivity index (χ1n) is 9.11. The van der Waals surface area contributed by atoms with Crippen molar-refractivity contribution in [3.8, 4) is 5.75 Å². The molecule has 0 bridgehead atoms. The van der Waals surface area contributed by atoms with Crippen molar-refractivity contribution in [2.75, 3.05) is 0 Å². The van der Waals surface area contributed by atoms with Gasteiger partial charge >= 0.3 is 5.97 Å². The van der Waals surface area contributed by atoms with Gasteiger partial charge in [0.05, 0.1) is 5.56 Å². The summed E-state index contributed by atoms with van der Waals surface area (Å²) in [6, 6.07) is 16.1. The average Bonchev–Trinajstić information content (AvgIpc) is 2.98. The normalized spacial score (nSPS) is 19.2. The number of nitrogens with one attached hydrogen (secondary N) is 1. The molecule has 0 radical (unpaired) electrons. The SMILES string of the molecule is CC(=Cc1ccccc1)C=C1NC(=S)N(C=C2C(=O)Oc3ccccc3C2=O)C1=O. The Bertz CT molecular complexity index is 1180. The summed E-state index contributed by atoms with van der Waals surface area (Å²) in [7, 11) is 0. The summed E-state index contributed by atoms with van der Waals surface area (Å²) in [6.45, 7) is 1.86. The molecule has 0 aliphatic carbocycles. The van der Waals surface area contributed by atoms with E-state index in [0.29, 0.717) is 0 Å². The molecule has 1 amide bonds. The van der Waals surface area contributed by atoms with E-state index in [4.69, 9.17) is 17.0 Å². The highest BCUT2D eigenvalue weighted by Crippen LogP contribution is 2.28. The summed E-state index contributed by atoms with van der Waals surface area (Å²) in [4.78, 5) is 38.9. The molecule has 1 fully saturated rings. The Kier molecular flexibility index (Phi) is 5.12. The molecule has 30 heavy (non-hydrogen) atoms. The number of esters is 1. The van der Waals surface area contributed by atoms with E-state index in [0.717, 1.165) is 22.2 Å². The van der Waals surface area contributed by atoms with Crippen LogP contribution in [-0.4, -0.2) is 27.7 Å². The number of hydrogen-bond acceptors (Lipinski definition) is 5. The van der Waals surface area contributed by atoms with Crippen LogP contribution in [0.15, 0.2) is 83.7 Å². The number of hydrogen-bond donors (Lipinski definition) is 1. The molecular weight excluding hydrogens is 400 g/mol. The van der Waals surface area contributed by atoms with Gasteiger partial charge in [-0.25, -0.2) is 4.79 Å². The van der Waals surface area contributed by atoms with Crippen LogP contribution in [0.2, 0.25) is 0 Å². The third-order valence-electron chi connectivity index (χ3n) is 4.53. The maximum Gasteiger partial charge on any atom is 0.349 e. The number of carbonyl (C=O) groups excluding carboxylic acids is 3. The lowest BCUT2D eigenvalue weighted by molar-refractivity contribution is -0.130. The summed E-state index contributed by atoms with van der Waals surface area (Å²) in [5.41, 5.74) is 2.07. The lowest BCUT2D eigenvalue weighted by Gasteiger charge is -2.18. The highest BCUT2D eigenvalue weighted by Gasteiger charge is 2.35. The zero-order valence-electron chi connectivity index (χ0n) is 15.9. The standard InChI is InChI=1S/C23H16N2O4S/c1-14(11-15-7-3-2-4-8-15)12-18-21(27)25(23(30)24-18)13-17-20(26)16-9-5-6-10-19(16)29-22(17)28/h2-13H,1H3,(H,24,30). The first kappa shape index (κ1) is 19.5. The van der Waals surface area contributed by atoms with Gasteiger partial charge in [0.25, 0.3) is 5.91 Å². The lowest BCUT2D eigenvalue weighted by atomic mass is 10.0. The monoisotopic (exact) mass is 416 g/mol. The van der Waals surface area contributed by atoms with Crippen molar-refractivity contribution in [2.24, 2.45) is 0 Å². The molecular formula is C23H16N2O4S. The number of para-hydroxylation sites is 1. The predicted molar refractivity (Wildman–Crippen MR) is 115 cm³/mol. The molecule has 2 aliphatic rings. The van der Waals surface area contributed by atoms with Gasteiger partial charge < -0.3 is 10.1 Å². The second-order valence-corrected chi connectivity index (χ2v) is 7.11. The van der Waals surface area contributed by atoms with Gasteiger partial charge in [-0.15, -0.1) is 0 Å². The number of ketones is 1. The number of rotatable bonds is 3. The fourth-order valence-corrected chi connectivity index (χ4v) is 3.37. The van der Waals surface area contributed by atoms with Crippen LogP contribution in [0.25, 0.3) is 6.08 Å². The van der Waals surface area contributed by atoms with E-state index in [1.807, 2.05) is 43.3 Å². The third-order valence-corrected chi connectivity index (χ3v) is 4.83. The van der Waals surface area contributed by atoms with E-state index < -0.39 is 17.7 Å². The van der Waals surface area contributed by atoms with Gasteiger partial charge in [0.2, 0.25) is 5.78 Å². The van der Waals surface area contributed by atoms with Gasteiger partial charge in [0, 0.05) is 6.20 Å². The van der Waals surface area contributed by atoms with Crippen LogP contribution in [0, 0.1) is 0 Å². The number of Topliss-reactive ketones (excluding diaryl/α,β-unsaturated/α-hetero) is 1. The van der Waals surface area contributed by atoms with Crippen molar-refractivity contribution >= 4 is 41.1 Å². The molecule has 4 rings (SSSR count). The van der Waals surface area contributed by atoms with Crippen LogP contribution in [0.5, 0.6) is 5.75 Å². The van der Waals surface area contributed by atoms with Crippen molar-refractivity contribution < 1.29 is 19.1 Å². The summed E-state index contributed by atoms with van der Waals surface area (Å²) in [5, 5.41) is 2.90. The maximum atomic E-state index is 12.8. The van der Waals surface area contributed by atoms with E-state index in [-0.39, 0.29) is 27.7 Å². The van der Waals surface area contributed by atoms with Crippen LogP contribution in [0.4, 0.5) is 0 Å². The van der Waals surface area contributed by atoms with E-state index in [1.54, 1.807) is 24.3 Å². The molecule has 1 N–H and O–H groups in total. The summed E-state index contributed by atoms with van der Waals surface area (Å²) in [6.07, 6.45) is 4.72. The van der Waals surface area contributed by atoms with E-state index in [9.17, 15) is 14.4 Å². The predicted octanol–water partition coefficient (Wildman–Crippen LogP) is 3.38. The van der Waals surface area contributed by atoms with Crippen molar-refractivity contribution in [2.45, 2.75) is 6.92 Å². The molecule has 2 heterocycles. The number of benzene rings is 2. The maximum absolute atomic E-state index is 12.8. The number of ether oxygens (including phenoxy) is 1. The van der Waals surface area contributed by atoms with Crippen LogP contribution >= 0.6 is 12.2 Å². The second-order valence-electron chi connectivity index (χ2n) is 6.72. The molecule has 2 aromatic carbocycles. The molecule has 2 aromatic rings. The van der Waals surface area contributed by atoms with Gasteiger partial charge in [-0.05, 0) is 48.5 Å². The molecule has 2 aliphatic heterocycles. The Morgan fingerprint density at radius 1 is 1.03 bits per heavy atom. The molecule has 0 spiro atoms. The van der Waals surface area contributed by atoms with Gasteiger partial charge in [-0.1, -0.05) is 48.5 Å². The first-order chi connectivity index (χ1) is 14.4. The molecule has 6 nitrogen and oxygen atoms in total. The minimum atomic E-state index is -0.827. The Morgan fingerprint density at radius 2 is 1.73 bits per heavy atom. The van der Waals surface area contributed by atoms with Crippen molar-refractivity contribution in [3.63, 3.8) is 0 Å². The first-order valence-corrected chi connectivity index (χ1v) is 9.52. The second kappa shape index (κ2) is 7.88. The lowest BCUT2D eigenvalue weighted by Crippen LogP contribution is -2.31. The largest absolute Gasteiger partial charge is 0.422 e. The van der Waals surface area contributed by atoms with Gasteiger partial charge in [0.1, 0.15) is 17.0 Å². The van der Waals surface area contributed by atoms with Crippen molar-refractivity contribution in [1.29, 1.82) is 0 Å². The fraction of sp³-hybridized carbons (Fsp3) is 0.0435. The molecule has 0 aromatic heterocycles. The van der Waals surface area contributed by atoms with Crippen LogP contribution in [0.1, 0.15) is 22.8 Å². The molecule has 0 atom stereocenters. The minimum Gasteiger partial charge on any atom is -0.422 e. The highest BCUT2D eigenvalue weighted by atomic mass is 32.1. The molecule has 1 saturated heterocycles. The number of allylic oxidation sites excluding steroid dienone is 2. The number of nitrogens with zero attached hydrogens (tertiary/aromatic N) is 1. The van der Waals surface area contributed by atoms with Gasteiger partial charge in [-0.2, -0.15) is 0 Å². The Labute approximate surface area is 178 Å². The van der Waals surface area contributed by atoms with Crippen molar-refractivity contribution in [3.05, 3.63) is 94.8 Å². The minimum absolute atomic E-state index is 0.0747. The van der Waals surface area contributed by atoms with Gasteiger partial charge in [0.15, 0.2) is 5.11 Å². The van der Waals surface area contributed by atoms with Crippen LogP contribution < -0.4 is 10.1 Å². The molecule has 148 valence electrons. The Hall–Kier alpha value is -3.84. The Morgan fingerprint density at radius 3 is 2.50 bits per heavy atom. The number of thiocarbonyl (C=S) groups is 1. The highest BCUT2D eigenvalue weighted by molar-refractivity contribution is 7.80. The summed E-state index contributed by atoms with van der Waals surface area (Å²) >= 11 is 5.23. The quantitative estimate of drug-likeness (QED) is 0.272. The summed E-state index contributed by atoms with van der Waals surface area (Å²) in [5.74, 6) is -1.62. The van der Waals surface area contributed by atoms with E-state index in [1.165, 1.54) is 6.07 Å². The molecule has 7 heteroatoms. The number of amides is 1. The zero-order valence-corrected chi connectivity index (χ0v) is 16.7. The third kappa shape index (κ3) is 3.70. The van der Waals surface area contributed by atoms with Crippen LogP contribution in [0.3, 0.4) is 0 Å². The topological polar surface area (TPSA) is 75.7 Å². The van der Waals surface area contributed by atoms with E-state index >= 15 is 0 Å². The zero-order chi connectivity index (χ0) is 21.3. The van der Waals surface area contributed by atoms with Crippen LogP contribution in [-0.2, 0) is 9.59 Å². The Balaban J connectivity index is 1.61. The average molecular weight is 416 g/mol. The molecule has 0 unspecified atom stereocenters. The fourth-order valence-electron chi connectivity index (χ4n) is 3.12. The summed E-state index contributed by atoms with van der Waals surface area (Å²) < 4.78 is 5.20. The van der Waals surface area contributed by atoms with Crippen molar-refractivity contribution in [1.82, 2.24) is 10.2 Å².